The average molecular weight is 415 g/mol. The second kappa shape index (κ2) is 6.58. The quantitative estimate of drug-likeness (QED) is 0.516. The van der Waals surface area contributed by atoms with Crippen molar-refractivity contribution in [2.45, 2.75) is 103 Å². The summed E-state index contributed by atoms with van der Waals surface area (Å²) >= 11 is 0. The maximum Gasteiger partial charge on any atom is 0.171 e. The van der Waals surface area contributed by atoms with Crippen molar-refractivity contribution in [2.75, 3.05) is 6.61 Å². The van der Waals surface area contributed by atoms with Crippen molar-refractivity contribution in [2.24, 2.45) is 46.3 Å². The van der Waals surface area contributed by atoms with Gasteiger partial charge in [-0.2, -0.15) is 0 Å². The van der Waals surface area contributed by atoms with Gasteiger partial charge in [0.1, 0.15) is 0 Å². The first-order chi connectivity index (χ1) is 14.3. The molecule has 2 unspecified atom stereocenters. The third-order valence-electron chi connectivity index (χ3n) is 11.3. The van der Waals surface area contributed by atoms with Gasteiger partial charge in [0.15, 0.2) is 5.79 Å². The summed E-state index contributed by atoms with van der Waals surface area (Å²) in [7, 11) is 0. The largest absolute Gasteiger partial charge is 0.393 e. The van der Waals surface area contributed by atoms with Crippen LogP contribution in [0.5, 0.6) is 0 Å². The molecule has 0 amide bonds. The zero-order chi connectivity index (χ0) is 20.9. The van der Waals surface area contributed by atoms with E-state index in [1.54, 1.807) is 5.57 Å². The fraction of sp³-hybridized carbons (Fsp3) is 0.926. The van der Waals surface area contributed by atoms with Crippen LogP contribution in [-0.2, 0) is 9.47 Å². The highest BCUT2D eigenvalue weighted by Crippen LogP contribution is 2.70. The van der Waals surface area contributed by atoms with Gasteiger partial charge in [-0.3, -0.25) is 0 Å². The van der Waals surface area contributed by atoms with Crippen LogP contribution >= 0.6 is 0 Å². The molecule has 6 rings (SSSR count). The summed E-state index contributed by atoms with van der Waals surface area (Å²) in [6, 6.07) is 0. The van der Waals surface area contributed by atoms with Crippen molar-refractivity contribution in [3.63, 3.8) is 0 Å². The predicted octanol–water partition coefficient (Wildman–Crippen LogP) is 5.71. The van der Waals surface area contributed by atoms with Crippen LogP contribution in [0.15, 0.2) is 11.6 Å². The first-order valence-corrected chi connectivity index (χ1v) is 13.0. The van der Waals surface area contributed by atoms with Crippen molar-refractivity contribution >= 4 is 0 Å². The maximum atomic E-state index is 10.3. The van der Waals surface area contributed by atoms with Gasteiger partial charge in [0.25, 0.3) is 0 Å². The first-order valence-electron chi connectivity index (χ1n) is 13.0. The Morgan fingerprint density at radius 2 is 1.87 bits per heavy atom. The molecular weight excluding hydrogens is 372 g/mol. The van der Waals surface area contributed by atoms with Crippen LogP contribution in [-0.4, -0.2) is 29.7 Å². The van der Waals surface area contributed by atoms with Gasteiger partial charge < -0.3 is 14.6 Å². The van der Waals surface area contributed by atoms with Gasteiger partial charge in [-0.15, -0.1) is 0 Å². The van der Waals surface area contributed by atoms with Crippen molar-refractivity contribution < 1.29 is 14.6 Å². The summed E-state index contributed by atoms with van der Waals surface area (Å²) in [6.07, 6.45) is 13.5. The Hall–Kier alpha value is -0.380. The molecule has 3 heteroatoms. The molecule has 168 valence electrons. The highest BCUT2D eigenvalue weighted by molar-refractivity contribution is 5.26. The van der Waals surface area contributed by atoms with Crippen LogP contribution in [0.4, 0.5) is 0 Å². The van der Waals surface area contributed by atoms with Crippen molar-refractivity contribution in [1.82, 2.24) is 0 Å². The van der Waals surface area contributed by atoms with Crippen LogP contribution in [0.1, 0.15) is 85.5 Å². The van der Waals surface area contributed by atoms with E-state index in [0.717, 1.165) is 43.6 Å². The Balaban J connectivity index is 1.28. The SMILES string of the molecule is CC1CC[C@@]2(OC1)O[C@H]1C[C@H]3[C@@H]4CC=C5CC(O)CC[C@]5(C)[C@H]4CC[C@]3(C)[C@H]1[C@@H]2C. The molecule has 6 aliphatic rings. The van der Waals surface area contributed by atoms with E-state index in [0.29, 0.717) is 34.7 Å². The van der Waals surface area contributed by atoms with Crippen molar-refractivity contribution in [1.29, 1.82) is 0 Å². The minimum Gasteiger partial charge on any atom is -0.393 e. The summed E-state index contributed by atoms with van der Waals surface area (Å²) < 4.78 is 13.3. The lowest BCUT2D eigenvalue weighted by molar-refractivity contribution is -0.272. The van der Waals surface area contributed by atoms with Crippen molar-refractivity contribution in [3.05, 3.63) is 11.6 Å². The number of aliphatic hydroxyl groups is 1. The third kappa shape index (κ3) is 2.55. The standard InChI is InChI=1S/C27H42O3/c1-16-7-12-27(29-15-16)17(2)24-23(30-27)14-22-20-6-5-18-13-19(28)8-10-25(18,3)21(20)9-11-26(22,24)4/h5,16-17,19-24,28H,6-15H2,1-4H3/t16?,17-,19?,20+,21-,22-,23-,24-,25-,26-,27+/m0/s1. The van der Waals surface area contributed by atoms with E-state index in [1.807, 2.05) is 0 Å². The lowest BCUT2D eigenvalue weighted by Gasteiger charge is -2.58. The van der Waals surface area contributed by atoms with Crippen LogP contribution < -0.4 is 0 Å². The molecule has 1 N–H and O–H groups in total. The van der Waals surface area contributed by atoms with E-state index in [1.165, 1.54) is 38.5 Å². The summed E-state index contributed by atoms with van der Waals surface area (Å²) in [5.41, 5.74) is 2.31. The molecular formula is C27H42O3. The minimum absolute atomic E-state index is 0.107. The molecule has 1 spiro atoms. The zero-order valence-corrected chi connectivity index (χ0v) is 19.5. The number of rotatable bonds is 0. The topological polar surface area (TPSA) is 38.7 Å². The maximum absolute atomic E-state index is 10.3. The summed E-state index contributed by atoms with van der Waals surface area (Å²) in [5.74, 6) is 3.94. The molecule has 2 aliphatic heterocycles. The van der Waals surface area contributed by atoms with Crippen molar-refractivity contribution in [3.8, 4) is 0 Å². The number of hydrogen-bond acceptors (Lipinski definition) is 3. The van der Waals surface area contributed by atoms with Crippen LogP contribution in [0.3, 0.4) is 0 Å². The van der Waals surface area contributed by atoms with E-state index < -0.39 is 0 Å². The lowest BCUT2D eigenvalue weighted by Crippen LogP contribution is -2.52. The monoisotopic (exact) mass is 414 g/mol. The molecule has 2 saturated heterocycles. The number of fused-ring (bicyclic) bond motifs is 7. The van der Waals surface area contributed by atoms with Gasteiger partial charge in [-0.1, -0.05) is 39.3 Å². The van der Waals surface area contributed by atoms with Gasteiger partial charge >= 0.3 is 0 Å². The fourth-order valence-corrected chi connectivity index (χ4v) is 9.66. The molecule has 4 aliphatic carbocycles. The molecule has 5 fully saturated rings. The Morgan fingerprint density at radius 1 is 1.03 bits per heavy atom. The van der Waals surface area contributed by atoms with Crippen LogP contribution in [0.2, 0.25) is 0 Å². The molecule has 30 heavy (non-hydrogen) atoms. The Morgan fingerprint density at radius 3 is 2.63 bits per heavy atom. The van der Waals surface area contributed by atoms with Gasteiger partial charge in [0.05, 0.1) is 18.8 Å². The highest BCUT2D eigenvalue weighted by atomic mass is 16.7. The second-order valence-electron chi connectivity index (χ2n) is 12.7. The molecule has 2 heterocycles. The highest BCUT2D eigenvalue weighted by Gasteiger charge is 2.68. The fourth-order valence-electron chi connectivity index (χ4n) is 9.66. The Kier molecular flexibility index (Phi) is 4.44. The molecule has 0 aromatic carbocycles. The third-order valence-corrected chi connectivity index (χ3v) is 11.3. The number of ether oxygens (including phenoxy) is 2. The first kappa shape index (κ1) is 20.2. The van der Waals surface area contributed by atoms with Gasteiger partial charge in [0.2, 0.25) is 0 Å². The van der Waals surface area contributed by atoms with Gasteiger partial charge in [0, 0.05) is 12.3 Å². The van der Waals surface area contributed by atoms with Crippen LogP contribution in [0.25, 0.3) is 0 Å². The second-order valence-corrected chi connectivity index (χ2v) is 12.7. The number of hydrogen-bond donors (Lipinski definition) is 1. The molecule has 0 aromatic rings. The minimum atomic E-state index is -0.294. The number of allylic oxidation sites excluding steroid dienone is 1. The lowest BCUT2D eigenvalue weighted by atomic mass is 9.47. The van der Waals surface area contributed by atoms with E-state index in [2.05, 4.69) is 33.8 Å². The molecule has 3 nitrogen and oxygen atoms in total. The molecule has 0 aromatic heterocycles. The average Bonchev–Trinajstić information content (AvgIpc) is 3.16. The van der Waals surface area contributed by atoms with E-state index >= 15 is 0 Å². The Labute approximate surface area is 183 Å². The smallest absolute Gasteiger partial charge is 0.171 e. The Bertz CT molecular complexity index is 736. The number of aliphatic hydroxyl groups excluding tert-OH is 1. The van der Waals surface area contributed by atoms with E-state index in [4.69, 9.17) is 9.47 Å². The van der Waals surface area contributed by atoms with Gasteiger partial charge in [-0.05, 0) is 91.8 Å². The molecule has 0 bridgehead atoms. The summed E-state index contributed by atoms with van der Waals surface area (Å²) in [6.45, 7) is 10.8. The molecule has 0 radical (unpaired) electrons. The normalized spacial score (nSPS) is 59.8. The van der Waals surface area contributed by atoms with E-state index in [9.17, 15) is 5.11 Å². The van der Waals surface area contributed by atoms with Gasteiger partial charge in [-0.25, -0.2) is 0 Å². The summed E-state index contributed by atoms with van der Waals surface area (Å²) in [4.78, 5) is 0. The summed E-state index contributed by atoms with van der Waals surface area (Å²) in [5, 5.41) is 10.3. The molecule has 11 atom stereocenters. The van der Waals surface area contributed by atoms with E-state index in [-0.39, 0.29) is 11.9 Å². The zero-order valence-electron chi connectivity index (χ0n) is 19.5. The molecule has 3 saturated carbocycles. The van der Waals surface area contributed by atoms with Crippen LogP contribution in [0, 0.1) is 46.3 Å². The predicted molar refractivity (Wildman–Crippen MR) is 118 cm³/mol.